The molecule has 2 aromatic carbocycles. The van der Waals surface area contributed by atoms with Crippen LogP contribution in [0.25, 0.3) is 0 Å². The number of halogens is 1. The van der Waals surface area contributed by atoms with Crippen molar-refractivity contribution in [3.05, 3.63) is 58.9 Å². The molecule has 0 unspecified atom stereocenters. The summed E-state index contributed by atoms with van der Waals surface area (Å²) in [5.74, 6) is -0.988. The highest BCUT2D eigenvalue weighted by atomic mass is 19.1. The van der Waals surface area contributed by atoms with E-state index in [0.717, 1.165) is 26.1 Å². The van der Waals surface area contributed by atoms with Crippen LogP contribution in [0.15, 0.2) is 36.4 Å². The summed E-state index contributed by atoms with van der Waals surface area (Å²) >= 11 is 0. The standard InChI is InChI=1S/C28H36FN3O4/c1-31-26(19-11-6-7-12-22(19)29)25(20-17-23(35-2)24(36-3)18-21(20)28(31)34)27(33)30-13-10-16-32-14-8-4-5-9-15-32/h6-7,11-12,17-18,25-26H,4-5,8-10,13-16H2,1-3H3,(H,30,33)/t25-,26+/m1/s1. The second-order valence-corrected chi connectivity index (χ2v) is 9.55. The molecule has 0 saturated carbocycles. The van der Waals surface area contributed by atoms with Crippen molar-refractivity contribution in [3.8, 4) is 11.5 Å². The van der Waals surface area contributed by atoms with E-state index >= 15 is 0 Å². The molecule has 7 nitrogen and oxygen atoms in total. The van der Waals surface area contributed by atoms with Gasteiger partial charge in [0.25, 0.3) is 5.91 Å². The third-order valence-corrected chi connectivity index (χ3v) is 7.33. The average Bonchev–Trinajstić information content (AvgIpc) is 3.17. The topological polar surface area (TPSA) is 71.1 Å². The molecular formula is C28H36FN3O4. The van der Waals surface area contributed by atoms with Gasteiger partial charge in [-0.3, -0.25) is 9.59 Å². The third-order valence-electron chi connectivity index (χ3n) is 7.33. The molecule has 4 rings (SSSR count). The summed E-state index contributed by atoms with van der Waals surface area (Å²) < 4.78 is 25.8. The predicted molar refractivity (Wildman–Crippen MR) is 136 cm³/mol. The summed E-state index contributed by atoms with van der Waals surface area (Å²) in [6, 6.07) is 8.79. The number of nitrogens with one attached hydrogen (secondary N) is 1. The van der Waals surface area contributed by atoms with Crippen molar-refractivity contribution >= 4 is 11.8 Å². The van der Waals surface area contributed by atoms with Crippen LogP contribution in [0.4, 0.5) is 4.39 Å². The van der Waals surface area contributed by atoms with Crippen molar-refractivity contribution < 1.29 is 23.5 Å². The zero-order valence-corrected chi connectivity index (χ0v) is 21.4. The summed E-state index contributed by atoms with van der Waals surface area (Å²) in [5, 5.41) is 3.07. The van der Waals surface area contributed by atoms with Crippen molar-refractivity contribution in [2.75, 3.05) is 47.4 Å². The molecule has 1 fully saturated rings. The first-order valence-corrected chi connectivity index (χ1v) is 12.7. The van der Waals surface area contributed by atoms with Crippen molar-refractivity contribution in [1.82, 2.24) is 15.1 Å². The van der Waals surface area contributed by atoms with Crippen molar-refractivity contribution in [1.29, 1.82) is 0 Å². The number of amides is 2. The summed E-state index contributed by atoms with van der Waals surface area (Å²) in [7, 11) is 4.61. The van der Waals surface area contributed by atoms with Gasteiger partial charge in [0.1, 0.15) is 5.82 Å². The van der Waals surface area contributed by atoms with Gasteiger partial charge in [-0.1, -0.05) is 31.0 Å². The molecule has 2 aliphatic rings. The lowest BCUT2D eigenvalue weighted by Gasteiger charge is -2.40. The van der Waals surface area contributed by atoms with E-state index in [-0.39, 0.29) is 11.8 Å². The molecule has 2 heterocycles. The first kappa shape index (κ1) is 25.9. The van der Waals surface area contributed by atoms with E-state index in [0.29, 0.717) is 34.7 Å². The first-order chi connectivity index (χ1) is 17.5. The minimum absolute atomic E-state index is 0.244. The quantitative estimate of drug-likeness (QED) is 0.556. The maximum absolute atomic E-state index is 15.0. The number of rotatable bonds is 8. The summed E-state index contributed by atoms with van der Waals surface area (Å²) in [4.78, 5) is 31.0. The molecule has 1 saturated heterocycles. The second-order valence-electron chi connectivity index (χ2n) is 9.55. The SMILES string of the molecule is COc1cc2c(cc1OC)[C@@H](C(=O)NCCCN1CCCCCC1)[C@H](c1ccccc1F)N(C)C2=O. The molecule has 0 spiro atoms. The molecule has 2 aromatic rings. The number of nitrogens with zero attached hydrogens (tertiary/aromatic N) is 2. The minimum Gasteiger partial charge on any atom is -0.493 e. The van der Waals surface area contributed by atoms with Crippen LogP contribution in [0.3, 0.4) is 0 Å². The fraction of sp³-hybridized carbons (Fsp3) is 0.500. The Labute approximate surface area is 212 Å². The molecule has 0 radical (unpaired) electrons. The monoisotopic (exact) mass is 497 g/mol. The average molecular weight is 498 g/mol. The number of methoxy groups -OCH3 is 2. The molecule has 1 N–H and O–H groups in total. The minimum atomic E-state index is -0.808. The molecule has 0 aliphatic carbocycles. The van der Waals surface area contributed by atoms with E-state index in [1.165, 1.54) is 50.9 Å². The van der Waals surface area contributed by atoms with Gasteiger partial charge in [0.15, 0.2) is 11.5 Å². The summed E-state index contributed by atoms with van der Waals surface area (Å²) in [5.41, 5.74) is 1.17. The Hall–Kier alpha value is -3.13. The van der Waals surface area contributed by atoms with Crippen LogP contribution in [-0.2, 0) is 4.79 Å². The number of fused-ring (bicyclic) bond motifs is 1. The largest absolute Gasteiger partial charge is 0.493 e. The number of likely N-dealkylation sites (N-methyl/N-ethyl adjacent to an activating group) is 1. The van der Waals surface area contributed by atoms with Gasteiger partial charge in [-0.25, -0.2) is 4.39 Å². The van der Waals surface area contributed by atoms with E-state index in [4.69, 9.17) is 9.47 Å². The second kappa shape index (κ2) is 11.7. The van der Waals surface area contributed by atoms with Crippen LogP contribution in [0.5, 0.6) is 11.5 Å². The van der Waals surface area contributed by atoms with Crippen molar-refractivity contribution in [3.63, 3.8) is 0 Å². The maximum Gasteiger partial charge on any atom is 0.254 e. The number of hydrogen-bond donors (Lipinski definition) is 1. The molecular weight excluding hydrogens is 461 g/mol. The van der Waals surface area contributed by atoms with E-state index in [1.54, 1.807) is 37.4 Å². The van der Waals surface area contributed by atoms with E-state index in [1.807, 2.05) is 0 Å². The smallest absolute Gasteiger partial charge is 0.254 e. The summed E-state index contributed by atoms with van der Waals surface area (Å²) in [6.07, 6.45) is 5.84. The zero-order valence-electron chi connectivity index (χ0n) is 21.4. The molecule has 194 valence electrons. The highest BCUT2D eigenvalue weighted by Gasteiger charge is 2.44. The molecule has 2 atom stereocenters. The Kier molecular flexibility index (Phi) is 8.46. The van der Waals surface area contributed by atoms with Gasteiger partial charge in [0, 0.05) is 24.7 Å². The van der Waals surface area contributed by atoms with E-state index in [2.05, 4.69) is 10.2 Å². The lowest BCUT2D eigenvalue weighted by molar-refractivity contribution is -0.124. The lowest BCUT2D eigenvalue weighted by atomic mass is 9.79. The van der Waals surface area contributed by atoms with Gasteiger partial charge < -0.3 is 24.6 Å². The summed E-state index contributed by atoms with van der Waals surface area (Å²) in [6.45, 7) is 3.65. The number of carbonyl (C=O) groups is 2. The highest BCUT2D eigenvalue weighted by molar-refractivity contribution is 6.02. The zero-order chi connectivity index (χ0) is 25.7. The van der Waals surface area contributed by atoms with Crippen LogP contribution in [0.1, 0.15) is 65.5 Å². The number of carbonyl (C=O) groups excluding carboxylic acids is 2. The number of likely N-dealkylation sites (tertiary alicyclic amines) is 1. The molecule has 2 amide bonds. The van der Waals surface area contributed by atoms with Crippen LogP contribution >= 0.6 is 0 Å². The fourth-order valence-electron chi connectivity index (χ4n) is 5.42. The predicted octanol–water partition coefficient (Wildman–Crippen LogP) is 4.14. The van der Waals surface area contributed by atoms with E-state index < -0.39 is 17.8 Å². The fourth-order valence-corrected chi connectivity index (χ4v) is 5.42. The number of hydrogen-bond acceptors (Lipinski definition) is 5. The molecule has 0 aromatic heterocycles. The first-order valence-electron chi connectivity index (χ1n) is 12.7. The van der Waals surface area contributed by atoms with Crippen molar-refractivity contribution in [2.45, 2.75) is 44.1 Å². The Morgan fingerprint density at radius 3 is 2.36 bits per heavy atom. The van der Waals surface area contributed by atoms with Gasteiger partial charge >= 0.3 is 0 Å². The van der Waals surface area contributed by atoms with Gasteiger partial charge in [-0.2, -0.15) is 0 Å². The maximum atomic E-state index is 15.0. The Morgan fingerprint density at radius 1 is 1.03 bits per heavy atom. The van der Waals surface area contributed by atoms with Crippen LogP contribution < -0.4 is 14.8 Å². The molecule has 0 bridgehead atoms. The van der Waals surface area contributed by atoms with Gasteiger partial charge in [0.05, 0.1) is 26.2 Å². The van der Waals surface area contributed by atoms with Crippen LogP contribution in [-0.4, -0.2) is 69.1 Å². The third kappa shape index (κ3) is 5.33. The van der Waals surface area contributed by atoms with Gasteiger partial charge in [-0.15, -0.1) is 0 Å². The number of ether oxygens (including phenoxy) is 2. The van der Waals surface area contributed by atoms with Crippen LogP contribution in [0, 0.1) is 5.82 Å². The highest BCUT2D eigenvalue weighted by Crippen LogP contribution is 2.46. The molecule has 2 aliphatic heterocycles. The van der Waals surface area contributed by atoms with Gasteiger partial charge in [-0.05, 0) is 62.7 Å². The van der Waals surface area contributed by atoms with Crippen LogP contribution in [0.2, 0.25) is 0 Å². The Balaban J connectivity index is 1.63. The lowest BCUT2D eigenvalue weighted by Crippen LogP contribution is -2.46. The normalized spacial score (nSPS) is 20.4. The Morgan fingerprint density at radius 2 is 1.69 bits per heavy atom. The molecule has 8 heteroatoms. The van der Waals surface area contributed by atoms with Gasteiger partial charge in [0.2, 0.25) is 5.91 Å². The Bertz CT molecular complexity index is 1080. The van der Waals surface area contributed by atoms with Crippen molar-refractivity contribution in [2.24, 2.45) is 0 Å². The van der Waals surface area contributed by atoms with E-state index in [9.17, 15) is 14.0 Å². The number of benzene rings is 2. The molecule has 36 heavy (non-hydrogen) atoms.